The zero-order chi connectivity index (χ0) is 14.0. The maximum Gasteiger partial charge on any atom is 0.126 e. The number of rotatable bonds is 3. The largest absolute Gasteiger partial charge is 0.497 e. The molecule has 100 valence electrons. The Morgan fingerprint density at radius 2 is 1.79 bits per heavy atom. The first-order valence-electron chi connectivity index (χ1n) is 6.52. The third-order valence-corrected chi connectivity index (χ3v) is 3.16. The van der Waals surface area contributed by atoms with Crippen LogP contribution in [-0.4, -0.2) is 17.1 Å². The van der Waals surface area contributed by atoms with E-state index in [-0.39, 0.29) is 0 Å². The van der Waals surface area contributed by atoms with E-state index in [0.29, 0.717) is 5.92 Å². The summed E-state index contributed by atoms with van der Waals surface area (Å²) in [5.41, 5.74) is 4.36. The summed E-state index contributed by atoms with van der Waals surface area (Å²) in [5.74, 6) is 2.09. The molecule has 2 aromatic rings. The minimum absolute atomic E-state index is 0.402. The summed E-state index contributed by atoms with van der Waals surface area (Å²) in [5, 5.41) is 0. The second-order valence-corrected chi connectivity index (χ2v) is 5.06. The Hall–Kier alpha value is -1.90. The van der Waals surface area contributed by atoms with E-state index >= 15 is 0 Å². The van der Waals surface area contributed by atoms with Gasteiger partial charge in [0.2, 0.25) is 0 Å². The average Bonchev–Trinajstić information content (AvgIpc) is 2.37. The molecule has 0 saturated heterocycles. The van der Waals surface area contributed by atoms with Crippen LogP contribution in [0.15, 0.2) is 24.3 Å². The number of methoxy groups -OCH3 is 1. The maximum atomic E-state index is 5.24. The smallest absolute Gasteiger partial charge is 0.126 e. The lowest BCUT2D eigenvalue weighted by Gasteiger charge is -2.11. The Balaban J connectivity index is 2.52. The topological polar surface area (TPSA) is 35.0 Å². The molecule has 0 atom stereocenters. The molecular formula is C16H20N2O. The van der Waals surface area contributed by atoms with Crippen LogP contribution in [0, 0.1) is 13.8 Å². The number of benzene rings is 1. The van der Waals surface area contributed by atoms with Crippen molar-refractivity contribution >= 4 is 0 Å². The Kier molecular flexibility index (Phi) is 3.84. The molecule has 0 saturated carbocycles. The summed E-state index contributed by atoms with van der Waals surface area (Å²) in [7, 11) is 1.68. The van der Waals surface area contributed by atoms with E-state index in [9.17, 15) is 0 Å². The van der Waals surface area contributed by atoms with Gasteiger partial charge in [-0.25, -0.2) is 9.97 Å². The molecule has 3 nitrogen and oxygen atoms in total. The van der Waals surface area contributed by atoms with E-state index in [0.717, 1.165) is 34.1 Å². The van der Waals surface area contributed by atoms with Crippen molar-refractivity contribution in [2.75, 3.05) is 7.11 Å². The Bertz CT molecular complexity index is 591. The lowest BCUT2D eigenvalue weighted by Crippen LogP contribution is -2.00. The van der Waals surface area contributed by atoms with Crippen molar-refractivity contribution in [1.82, 2.24) is 9.97 Å². The molecule has 0 unspecified atom stereocenters. The van der Waals surface area contributed by atoms with Crippen LogP contribution in [0.1, 0.15) is 36.8 Å². The van der Waals surface area contributed by atoms with E-state index in [1.165, 1.54) is 0 Å². The Morgan fingerprint density at radius 1 is 1.05 bits per heavy atom. The monoisotopic (exact) mass is 256 g/mol. The van der Waals surface area contributed by atoms with E-state index in [2.05, 4.69) is 42.9 Å². The summed E-state index contributed by atoms with van der Waals surface area (Å²) in [6.07, 6.45) is 0. The molecular weight excluding hydrogens is 236 g/mol. The van der Waals surface area contributed by atoms with Crippen molar-refractivity contribution in [3.05, 3.63) is 41.3 Å². The molecule has 1 aromatic carbocycles. The van der Waals surface area contributed by atoms with Crippen LogP contribution in [0.2, 0.25) is 0 Å². The highest BCUT2D eigenvalue weighted by Crippen LogP contribution is 2.27. The van der Waals surface area contributed by atoms with E-state index in [1.54, 1.807) is 7.11 Å². The molecule has 0 spiro atoms. The van der Waals surface area contributed by atoms with Crippen molar-refractivity contribution in [3.8, 4) is 17.0 Å². The summed E-state index contributed by atoms with van der Waals surface area (Å²) >= 11 is 0. The van der Waals surface area contributed by atoms with Gasteiger partial charge in [-0.1, -0.05) is 13.8 Å². The number of aromatic nitrogens is 2. The van der Waals surface area contributed by atoms with Gasteiger partial charge in [-0.15, -0.1) is 0 Å². The molecule has 0 fully saturated rings. The van der Waals surface area contributed by atoms with Crippen LogP contribution >= 0.6 is 0 Å². The van der Waals surface area contributed by atoms with E-state index in [4.69, 9.17) is 4.74 Å². The fourth-order valence-electron chi connectivity index (χ4n) is 2.08. The van der Waals surface area contributed by atoms with Gasteiger partial charge < -0.3 is 4.74 Å². The van der Waals surface area contributed by atoms with Crippen LogP contribution in [0.5, 0.6) is 5.75 Å². The lowest BCUT2D eigenvalue weighted by molar-refractivity contribution is 0.414. The summed E-state index contributed by atoms with van der Waals surface area (Å²) < 4.78 is 5.24. The highest BCUT2D eigenvalue weighted by atomic mass is 16.5. The Labute approximate surface area is 114 Å². The van der Waals surface area contributed by atoms with Gasteiger partial charge in [0.05, 0.1) is 12.8 Å². The molecule has 0 aliphatic heterocycles. The van der Waals surface area contributed by atoms with Gasteiger partial charge in [0.1, 0.15) is 11.6 Å². The predicted molar refractivity (Wildman–Crippen MR) is 77.6 cm³/mol. The van der Waals surface area contributed by atoms with Crippen molar-refractivity contribution < 1.29 is 4.74 Å². The van der Waals surface area contributed by atoms with E-state index in [1.807, 2.05) is 19.1 Å². The molecule has 0 bridgehead atoms. The molecule has 3 heteroatoms. The Morgan fingerprint density at radius 3 is 2.37 bits per heavy atom. The van der Waals surface area contributed by atoms with Gasteiger partial charge in [0.15, 0.2) is 0 Å². The van der Waals surface area contributed by atoms with Gasteiger partial charge in [0, 0.05) is 11.3 Å². The lowest BCUT2D eigenvalue weighted by atomic mass is 10.0. The average molecular weight is 256 g/mol. The number of aryl methyl sites for hydroxylation is 2. The molecule has 1 heterocycles. The van der Waals surface area contributed by atoms with Crippen LogP contribution in [-0.2, 0) is 0 Å². The number of nitrogens with zero attached hydrogens (tertiary/aromatic N) is 2. The molecule has 0 aliphatic rings. The quantitative estimate of drug-likeness (QED) is 0.835. The SMILES string of the molecule is COc1ccc(-c2cc(C(C)C)nc(C)n2)c(C)c1. The van der Waals surface area contributed by atoms with Crippen molar-refractivity contribution in [3.63, 3.8) is 0 Å². The molecule has 2 rings (SSSR count). The fraction of sp³-hybridized carbons (Fsp3) is 0.375. The van der Waals surface area contributed by atoms with Gasteiger partial charge in [-0.2, -0.15) is 0 Å². The second kappa shape index (κ2) is 5.39. The summed E-state index contributed by atoms with van der Waals surface area (Å²) in [6.45, 7) is 8.30. The van der Waals surface area contributed by atoms with Crippen LogP contribution in [0.4, 0.5) is 0 Å². The highest BCUT2D eigenvalue weighted by Gasteiger charge is 2.09. The number of ether oxygens (including phenoxy) is 1. The third kappa shape index (κ3) is 2.92. The predicted octanol–water partition coefficient (Wildman–Crippen LogP) is 3.89. The fourth-order valence-corrected chi connectivity index (χ4v) is 2.08. The minimum Gasteiger partial charge on any atom is -0.497 e. The third-order valence-electron chi connectivity index (χ3n) is 3.16. The standard InChI is InChI=1S/C16H20N2O/c1-10(2)15-9-16(18-12(4)17-15)14-7-6-13(19-5)8-11(14)3/h6-10H,1-5H3. The van der Waals surface area contributed by atoms with Gasteiger partial charge in [-0.05, 0) is 49.6 Å². The molecule has 1 aromatic heterocycles. The number of hydrogen-bond donors (Lipinski definition) is 0. The minimum atomic E-state index is 0.402. The van der Waals surface area contributed by atoms with Gasteiger partial charge in [-0.3, -0.25) is 0 Å². The zero-order valence-electron chi connectivity index (χ0n) is 12.2. The molecule has 0 amide bonds. The summed E-state index contributed by atoms with van der Waals surface area (Å²) in [6, 6.07) is 8.13. The first-order valence-corrected chi connectivity index (χ1v) is 6.52. The summed E-state index contributed by atoms with van der Waals surface area (Å²) in [4.78, 5) is 9.04. The molecule has 0 N–H and O–H groups in total. The van der Waals surface area contributed by atoms with Crippen molar-refractivity contribution in [2.45, 2.75) is 33.6 Å². The van der Waals surface area contributed by atoms with Crippen LogP contribution < -0.4 is 4.74 Å². The molecule has 0 aliphatic carbocycles. The van der Waals surface area contributed by atoms with Gasteiger partial charge in [0.25, 0.3) is 0 Å². The van der Waals surface area contributed by atoms with Crippen LogP contribution in [0.3, 0.4) is 0 Å². The second-order valence-electron chi connectivity index (χ2n) is 5.06. The normalized spacial score (nSPS) is 10.8. The first-order chi connectivity index (χ1) is 9.01. The van der Waals surface area contributed by atoms with Gasteiger partial charge >= 0.3 is 0 Å². The van der Waals surface area contributed by atoms with Crippen LogP contribution in [0.25, 0.3) is 11.3 Å². The first kappa shape index (κ1) is 13.5. The zero-order valence-corrected chi connectivity index (χ0v) is 12.2. The highest BCUT2D eigenvalue weighted by molar-refractivity contribution is 5.65. The number of hydrogen-bond acceptors (Lipinski definition) is 3. The molecule has 0 radical (unpaired) electrons. The van der Waals surface area contributed by atoms with E-state index < -0.39 is 0 Å². The maximum absolute atomic E-state index is 5.24. The molecule has 19 heavy (non-hydrogen) atoms. The van der Waals surface area contributed by atoms with Crippen molar-refractivity contribution in [1.29, 1.82) is 0 Å². The van der Waals surface area contributed by atoms with Crippen molar-refractivity contribution in [2.24, 2.45) is 0 Å².